The highest BCUT2D eigenvalue weighted by molar-refractivity contribution is 6.35. The predicted molar refractivity (Wildman–Crippen MR) is 90.5 cm³/mol. The number of hydrogen-bond donors (Lipinski definition) is 0. The maximum absolute atomic E-state index is 12.7. The molecule has 120 valence electrons. The molecule has 0 N–H and O–H groups in total. The SMILES string of the molecule is CC(C)(C)C1=C[C@@]2(C(C)(C)C)[C@@H](Cl)C(=O)[C@H]2[C@@H]1C(C)(C)C. The summed E-state index contributed by atoms with van der Waals surface area (Å²) in [4.78, 5) is 12.7. The van der Waals surface area contributed by atoms with Crippen LogP contribution in [0.1, 0.15) is 62.3 Å². The van der Waals surface area contributed by atoms with Crippen LogP contribution in [0.25, 0.3) is 0 Å². The van der Waals surface area contributed by atoms with E-state index in [0.717, 1.165) is 0 Å². The van der Waals surface area contributed by atoms with Gasteiger partial charge < -0.3 is 0 Å². The smallest absolute Gasteiger partial charge is 0.156 e. The van der Waals surface area contributed by atoms with Crippen molar-refractivity contribution < 1.29 is 4.79 Å². The second kappa shape index (κ2) is 4.37. The van der Waals surface area contributed by atoms with Crippen LogP contribution < -0.4 is 0 Å². The molecular formula is C19H31ClO. The molecule has 2 heteroatoms. The van der Waals surface area contributed by atoms with E-state index in [-0.39, 0.29) is 38.7 Å². The lowest BCUT2D eigenvalue weighted by atomic mass is 9.46. The Balaban J connectivity index is 2.67. The molecule has 21 heavy (non-hydrogen) atoms. The van der Waals surface area contributed by atoms with Crippen LogP contribution in [0.2, 0.25) is 0 Å². The molecule has 0 aromatic carbocycles. The molecule has 0 aromatic rings. The van der Waals surface area contributed by atoms with Crippen molar-refractivity contribution in [2.45, 2.75) is 67.7 Å². The van der Waals surface area contributed by atoms with Crippen LogP contribution in [-0.4, -0.2) is 11.2 Å². The van der Waals surface area contributed by atoms with Gasteiger partial charge in [-0.05, 0) is 22.2 Å². The summed E-state index contributed by atoms with van der Waals surface area (Å²) in [6, 6.07) is 0. The monoisotopic (exact) mass is 310 g/mol. The lowest BCUT2D eigenvalue weighted by Gasteiger charge is -2.58. The van der Waals surface area contributed by atoms with E-state index in [9.17, 15) is 4.79 Å². The summed E-state index contributed by atoms with van der Waals surface area (Å²) in [5.41, 5.74) is 1.38. The van der Waals surface area contributed by atoms with E-state index in [4.69, 9.17) is 11.6 Å². The van der Waals surface area contributed by atoms with Gasteiger partial charge in [-0.1, -0.05) is 74.0 Å². The van der Waals surface area contributed by atoms with Crippen molar-refractivity contribution >= 4 is 17.4 Å². The third-order valence-electron chi connectivity index (χ3n) is 5.65. The van der Waals surface area contributed by atoms with Gasteiger partial charge in [0.05, 0.1) is 0 Å². The first-order chi connectivity index (χ1) is 9.15. The van der Waals surface area contributed by atoms with Crippen molar-refractivity contribution in [1.82, 2.24) is 0 Å². The van der Waals surface area contributed by atoms with E-state index in [0.29, 0.717) is 5.92 Å². The fourth-order valence-corrected chi connectivity index (χ4v) is 5.19. The van der Waals surface area contributed by atoms with Gasteiger partial charge in [-0.15, -0.1) is 11.6 Å². The zero-order valence-electron chi connectivity index (χ0n) is 15.1. The molecule has 0 radical (unpaired) electrons. The van der Waals surface area contributed by atoms with Crippen molar-refractivity contribution in [1.29, 1.82) is 0 Å². The number of allylic oxidation sites excluding steroid dienone is 2. The van der Waals surface area contributed by atoms with Crippen molar-refractivity contribution in [2.75, 3.05) is 0 Å². The first-order valence-electron chi connectivity index (χ1n) is 8.07. The highest BCUT2D eigenvalue weighted by Gasteiger charge is 2.72. The molecule has 0 aromatic heterocycles. The zero-order valence-corrected chi connectivity index (χ0v) is 15.9. The Labute approximate surface area is 135 Å². The predicted octanol–water partition coefficient (Wildman–Crippen LogP) is 5.47. The largest absolute Gasteiger partial charge is 0.298 e. The van der Waals surface area contributed by atoms with Crippen LogP contribution in [0.3, 0.4) is 0 Å². The second-order valence-corrected chi connectivity index (χ2v) is 10.6. The Hall–Kier alpha value is -0.300. The summed E-state index contributed by atoms with van der Waals surface area (Å²) < 4.78 is 0. The summed E-state index contributed by atoms with van der Waals surface area (Å²) in [5.74, 6) is 0.593. The molecule has 0 saturated heterocycles. The minimum atomic E-state index is -0.368. The van der Waals surface area contributed by atoms with Crippen molar-refractivity contribution in [3.63, 3.8) is 0 Å². The Morgan fingerprint density at radius 1 is 1.00 bits per heavy atom. The standard InChI is InChI=1S/C19H31ClO/c1-16(2,3)11-10-19(18(7,8)9)13(14(21)15(19)20)12(11)17(4,5)6/h10,12-13,15H,1-9H3/t12-,13-,15+,19+/m1/s1. The maximum Gasteiger partial charge on any atom is 0.156 e. The highest BCUT2D eigenvalue weighted by atomic mass is 35.5. The van der Waals surface area contributed by atoms with Gasteiger partial charge in [-0.25, -0.2) is 0 Å². The van der Waals surface area contributed by atoms with Crippen LogP contribution >= 0.6 is 11.6 Å². The summed E-state index contributed by atoms with van der Waals surface area (Å²) >= 11 is 6.58. The first-order valence-corrected chi connectivity index (χ1v) is 8.50. The van der Waals surface area contributed by atoms with E-state index in [1.807, 2.05) is 0 Å². The van der Waals surface area contributed by atoms with Crippen LogP contribution in [0.4, 0.5) is 0 Å². The molecule has 2 aliphatic carbocycles. The number of alkyl halides is 1. The topological polar surface area (TPSA) is 17.1 Å². The molecule has 1 nitrogen and oxygen atoms in total. The molecule has 4 atom stereocenters. The van der Waals surface area contributed by atoms with Gasteiger partial charge in [-0.3, -0.25) is 4.79 Å². The molecule has 1 saturated carbocycles. The first kappa shape index (κ1) is 17.1. The van der Waals surface area contributed by atoms with Gasteiger partial charge in [0.25, 0.3) is 0 Å². The van der Waals surface area contributed by atoms with Crippen molar-refractivity contribution in [3.05, 3.63) is 11.6 Å². The molecule has 0 unspecified atom stereocenters. The number of carbonyl (C=O) groups excluding carboxylic acids is 1. The number of rotatable bonds is 0. The average molecular weight is 311 g/mol. The third-order valence-corrected chi connectivity index (χ3v) is 6.23. The van der Waals surface area contributed by atoms with E-state index < -0.39 is 0 Å². The fraction of sp³-hybridized carbons (Fsp3) is 0.842. The quantitative estimate of drug-likeness (QED) is 0.428. The van der Waals surface area contributed by atoms with Crippen molar-refractivity contribution in [2.24, 2.45) is 33.5 Å². The summed E-state index contributed by atoms with van der Waals surface area (Å²) in [5, 5.41) is -0.368. The lowest BCUT2D eigenvalue weighted by molar-refractivity contribution is -0.151. The van der Waals surface area contributed by atoms with E-state index in [2.05, 4.69) is 68.4 Å². The second-order valence-electron chi connectivity index (χ2n) is 10.1. The highest BCUT2D eigenvalue weighted by Crippen LogP contribution is 2.70. The number of halogens is 1. The summed E-state index contributed by atoms with van der Waals surface area (Å²) in [6.45, 7) is 20.2. The fourth-order valence-electron chi connectivity index (χ4n) is 4.53. The van der Waals surface area contributed by atoms with E-state index in [1.165, 1.54) is 5.57 Å². The van der Waals surface area contributed by atoms with Gasteiger partial charge in [0.1, 0.15) is 5.38 Å². The molecule has 1 fully saturated rings. The Morgan fingerprint density at radius 2 is 1.48 bits per heavy atom. The number of Topliss-reactive ketones (excluding diaryl/α,β-unsaturated/α-hetero) is 1. The molecular weight excluding hydrogens is 280 g/mol. The number of fused-ring (bicyclic) bond motifs is 1. The van der Waals surface area contributed by atoms with Crippen LogP contribution in [0.5, 0.6) is 0 Å². The third kappa shape index (κ3) is 2.14. The van der Waals surface area contributed by atoms with E-state index >= 15 is 0 Å². The molecule has 0 amide bonds. The number of carbonyl (C=O) groups is 1. The van der Waals surface area contributed by atoms with Crippen LogP contribution in [-0.2, 0) is 4.79 Å². The Morgan fingerprint density at radius 3 is 1.81 bits per heavy atom. The summed E-state index contributed by atoms with van der Waals surface area (Å²) in [6.07, 6.45) is 2.40. The van der Waals surface area contributed by atoms with Gasteiger partial charge in [0, 0.05) is 11.3 Å². The zero-order chi connectivity index (χ0) is 16.6. The van der Waals surface area contributed by atoms with Gasteiger partial charge in [-0.2, -0.15) is 0 Å². The Bertz CT molecular complexity index is 495. The lowest BCUT2D eigenvalue weighted by Crippen LogP contribution is -2.64. The molecule has 2 rings (SSSR count). The van der Waals surface area contributed by atoms with Gasteiger partial charge in [0.15, 0.2) is 5.78 Å². The minimum Gasteiger partial charge on any atom is -0.298 e. The molecule has 0 heterocycles. The molecule has 0 spiro atoms. The van der Waals surface area contributed by atoms with Crippen LogP contribution in [0.15, 0.2) is 11.6 Å². The molecule has 0 bridgehead atoms. The molecule has 2 aliphatic rings. The minimum absolute atomic E-state index is 0.00546. The Kier molecular flexibility index (Phi) is 3.55. The maximum atomic E-state index is 12.7. The average Bonchev–Trinajstić information content (AvgIpc) is 2.59. The summed E-state index contributed by atoms with van der Waals surface area (Å²) in [7, 11) is 0. The number of hydrogen-bond acceptors (Lipinski definition) is 1. The van der Waals surface area contributed by atoms with Gasteiger partial charge >= 0.3 is 0 Å². The van der Waals surface area contributed by atoms with Gasteiger partial charge in [0.2, 0.25) is 0 Å². The van der Waals surface area contributed by atoms with Crippen LogP contribution in [0, 0.1) is 33.5 Å². The number of ketones is 1. The normalized spacial score (nSPS) is 37.1. The van der Waals surface area contributed by atoms with E-state index in [1.54, 1.807) is 0 Å². The van der Waals surface area contributed by atoms with Crippen molar-refractivity contribution in [3.8, 4) is 0 Å². The molecule has 0 aliphatic heterocycles.